The Labute approximate surface area is 199 Å². The third-order valence-electron chi connectivity index (χ3n) is 4.94. The molecule has 0 saturated carbocycles. The summed E-state index contributed by atoms with van der Waals surface area (Å²) in [6.07, 6.45) is 0. The molecule has 0 aliphatic rings. The molecule has 0 fully saturated rings. The summed E-state index contributed by atoms with van der Waals surface area (Å²) in [6, 6.07) is 11.1. The molecule has 3 aromatic rings. The van der Waals surface area contributed by atoms with Crippen LogP contribution in [-0.4, -0.2) is 43.4 Å². The molecule has 0 unspecified atom stereocenters. The second kappa shape index (κ2) is 10.9. The number of carbonyl (C=O) groups excluding carboxylic acids is 2. The minimum atomic E-state index is -1.08. The molecule has 1 atom stereocenters. The van der Waals surface area contributed by atoms with E-state index >= 15 is 0 Å². The maximum absolute atomic E-state index is 14.0. The molecule has 0 aliphatic carbocycles. The van der Waals surface area contributed by atoms with E-state index in [4.69, 9.17) is 5.11 Å². The fourth-order valence-corrected chi connectivity index (χ4v) is 3.89. The van der Waals surface area contributed by atoms with Crippen molar-refractivity contribution in [1.82, 2.24) is 20.1 Å². The van der Waals surface area contributed by atoms with Crippen LogP contribution in [-0.2, 0) is 11.8 Å². The molecule has 1 heterocycles. The number of carbonyl (C=O) groups is 3. The number of benzene rings is 2. The summed E-state index contributed by atoms with van der Waals surface area (Å²) >= 11 is 1.14. The standard InChI is InChI=1S/C23H24FN5O4S/c1-13(2)19(26-21(31)16-9-4-5-10-17(16)24)20-27-28-23(29(20)3)34-12-18(30)25-15-8-6-7-14(11-15)22(32)33/h4-11,13,19H,12H2,1-3H3,(H,25,30)(H,26,31)(H,32,33)/t19-/m1/s1. The lowest BCUT2D eigenvalue weighted by Gasteiger charge is -2.21. The number of hydrogen-bond donors (Lipinski definition) is 3. The van der Waals surface area contributed by atoms with E-state index in [-0.39, 0.29) is 28.7 Å². The van der Waals surface area contributed by atoms with E-state index in [1.807, 2.05) is 13.8 Å². The molecular formula is C23H24FN5O4S. The number of halogens is 1. The van der Waals surface area contributed by atoms with Crippen LogP contribution < -0.4 is 10.6 Å². The molecule has 2 aromatic carbocycles. The van der Waals surface area contributed by atoms with Crippen LogP contribution in [0, 0.1) is 11.7 Å². The average Bonchev–Trinajstić information content (AvgIpc) is 3.16. The van der Waals surface area contributed by atoms with Gasteiger partial charge in [0.15, 0.2) is 11.0 Å². The van der Waals surface area contributed by atoms with Crippen molar-refractivity contribution in [3.63, 3.8) is 0 Å². The average molecular weight is 486 g/mol. The number of anilines is 1. The second-order valence-electron chi connectivity index (χ2n) is 7.80. The maximum atomic E-state index is 14.0. The largest absolute Gasteiger partial charge is 0.478 e. The Kier molecular flexibility index (Phi) is 8.00. The highest BCUT2D eigenvalue weighted by Gasteiger charge is 2.26. The van der Waals surface area contributed by atoms with Crippen LogP contribution in [0.5, 0.6) is 0 Å². The van der Waals surface area contributed by atoms with Gasteiger partial charge in [-0.25, -0.2) is 9.18 Å². The van der Waals surface area contributed by atoms with Crippen molar-refractivity contribution >= 4 is 35.2 Å². The first-order chi connectivity index (χ1) is 16.2. The van der Waals surface area contributed by atoms with Crippen LogP contribution >= 0.6 is 11.8 Å². The molecule has 3 rings (SSSR count). The third kappa shape index (κ3) is 5.98. The molecule has 9 nitrogen and oxygen atoms in total. The third-order valence-corrected chi connectivity index (χ3v) is 5.96. The summed E-state index contributed by atoms with van der Waals surface area (Å²) < 4.78 is 15.7. The van der Waals surface area contributed by atoms with Crippen molar-refractivity contribution in [3.8, 4) is 0 Å². The number of nitrogens with one attached hydrogen (secondary N) is 2. The Morgan fingerprint density at radius 1 is 1.12 bits per heavy atom. The Hall–Kier alpha value is -3.73. The van der Waals surface area contributed by atoms with E-state index in [1.54, 1.807) is 29.8 Å². The number of amides is 2. The topological polar surface area (TPSA) is 126 Å². The number of rotatable bonds is 9. The first-order valence-electron chi connectivity index (χ1n) is 10.4. The quantitative estimate of drug-likeness (QED) is 0.396. The second-order valence-corrected chi connectivity index (χ2v) is 8.74. The van der Waals surface area contributed by atoms with Crippen LogP contribution in [0.2, 0.25) is 0 Å². The molecule has 178 valence electrons. The summed E-state index contributed by atoms with van der Waals surface area (Å²) in [5.41, 5.74) is 0.383. The van der Waals surface area contributed by atoms with Gasteiger partial charge in [0.05, 0.1) is 22.9 Å². The minimum absolute atomic E-state index is 0.0111. The van der Waals surface area contributed by atoms with Crippen LogP contribution in [0.4, 0.5) is 10.1 Å². The van der Waals surface area contributed by atoms with Gasteiger partial charge in [0.1, 0.15) is 5.82 Å². The van der Waals surface area contributed by atoms with E-state index in [2.05, 4.69) is 20.8 Å². The Bertz CT molecular complexity index is 1210. The predicted octanol–water partition coefficient (Wildman–Crippen LogP) is 3.51. The van der Waals surface area contributed by atoms with Gasteiger partial charge in [0, 0.05) is 12.7 Å². The van der Waals surface area contributed by atoms with Gasteiger partial charge in [-0.15, -0.1) is 10.2 Å². The molecule has 0 radical (unpaired) electrons. The van der Waals surface area contributed by atoms with Crippen molar-refractivity contribution in [3.05, 3.63) is 71.3 Å². The highest BCUT2D eigenvalue weighted by Crippen LogP contribution is 2.25. The summed E-state index contributed by atoms with van der Waals surface area (Å²) in [4.78, 5) is 36.0. The lowest BCUT2D eigenvalue weighted by molar-refractivity contribution is -0.113. The fourth-order valence-electron chi connectivity index (χ4n) is 3.17. The first kappa shape index (κ1) is 24.9. The normalized spacial score (nSPS) is 11.8. The number of nitrogens with zero attached hydrogens (tertiary/aromatic N) is 3. The highest BCUT2D eigenvalue weighted by atomic mass is 32.2. The van der Waals surface area contributed by atoms with Crippen molar-refractivity contribution in [1.29, 1.82) is 0 Å². The van der Waals surface area contributed by atoms with Crippen molar-refractivity contribution in [2.24, 2.45) is 13.0 Å². The van der Waals surface area contributed by atoms with Gasteiger partial charge in [-0.3, -0.25) is 9.59 Å². The number of thioether (sulfide) groups is 1. The van der Waals surface area contributed by atoms with Gasteiger partial charge >= 0.3 is 5.97 Å². The zero-order valence-electron chi connectivity index (χ0n) is 18.8. The summed E-state index contributed by atoms with van der Waals surface area (Å²) in [6.45, 7) is 3.79. The maximum Gasteiger partial charge on any atom is 0.335 e. The van der Waals surface area contributed by atoms with E-state index in [1.165, 1.54) is 30.3 Å². The van der Waals surface area contributed by atoms with Crippen LogP contribution in [0.3, 0.4) is 0 Å². The summed E-state index contributed by atoms with van der Waals surface area (Å²) in [5.74, 6) is -2.19. The van der Waals surface area contributed by atoms with Crippen LogP contribution in [0.15, 0.2) is 53.7 Å². The highest BCUT2D eigenvalue weighted by molar-refractivity contribution is 7.99. The molecule has 0 bridgehead atoms. The van der Waals surface area contributed by atoms with Gasteiger partial charge in [0.25, 0.3) is 5.91 Å². The van der Waals surface area contributed by atoms with Crippen molar-refractivity contribution in [2.45, 2.75) is 25.0 Å². The molecular weight excluding hydrogens is 461 g/mol. The lowest BCUT2D eigenvalue weighted by atomic mass is 10.0. The fraction of sp³-hybridized carbons (Fsp3) is 0.261. The molecule has 0 spiro atoms. The Morgan fingerprint density at radius 2 is 1.85 bits per heavy atom. The summed E-state index contributed by atoms with van der Waals surface area (Å²) in [5, 5.41) is 23.3. The van der Waals surface area contributed by atoms with Gasteiger partial charge in [-0.05, 0) is 36.2 Å². The van der Waals surface area contributed by atoms with Crippen molar-refractivity contribution < 1.29 is 23.9 Å². The van der Waals surface area contributed by atoms with E-state index in [0.29, 0.717) is 16.7 Å². The van der Waals surface area contributed by atoms with Gasteiger partial charge in [-0.1, -0.05) is 43.8 Å². The monoisotopic (exact) mass is 485 g/mol. The number of aromatic nitrogens is 3. The SMILES string of the molecule is CC(C)[C@@H](NC(=O)c1ccccc1F)c1nnc(SCC(=O)Nc2cccc(C(=O)O)c2)n1C. The predicted molar refractivity (Wildman–Crippen MR) is 125 cm³/mol. The molecule has 2 amide bonds. The zero-order chi connectivity index (χ0) is 24.8. The Balaban J connectivity index is 1.67. The molecule has 3 N–H and O–H groups in total. The molecule has 1 aromatic heterocycles. The van der Waals surface area contributed by atoms with E-state index < -0.39 is 23.7 Å². The van der Waals surface area contributed by atoms with Crippen LogP contribution in [0.25, 0.3) is 0 Å². The molecule has 11 heteroatoms. The molecule has 34 heavy (non-hydrogen) atoms. The lowest BCUT2D eigenvalue weighted by Crippen LogP contribution is -2.34. The molecule has 0 aliphatic heterocycles. The van der Waals surface area contributed by atoms with Gasteiger partial charge in [-0.2, -0.15) is 0 Å². The van der Waals surface area contributed by atoms with Crippen molar-refractivity contribution in [2.75, 3.05) is 11.1 Å². The molecule has 0 saturated heterocycles. The minimum Gasteiger partial charge on any atom is -0.478 e. The van der Waals surface area contributed by atoms with Gasteiger partial charge in [0.2, 0.25) is 5.91 Å². The Morgan fingerprint density at radius 3 is 2.53 bits per heavy atom. The van der Waals surface area contributed by atoms with Crippen LogP contribution in [0.1, 0.15) is 46.4 Å². The van der Waals surface area contributed by atoms with E-state index in [0.717, 1.165) is 11.8 Å². The first-order valence-corrected chi connectivity index (χ1v) is 11.4. The van der Waals surface area contributed by atoms with E-state index in [9.17, 15) is 18.8 Å². The number of hydrogen-bond acceptors (Lipinski definition) is 6. The number of carboxylic acids is 1. The number of aromatic carboxylic acids is 1. The summed E-state index contributed by atoms with van der Waals surface area (Å²) in [7, 11) is 1.72. The number of carboxylic acid groups (broad SMARTS) is 1. The van der Waals surface area contributed by atoms with Gasteiger partial charge < -0.3 is 20.3 Å². The smallest absolute Gasteiger partial charge is 0.335 e. The zero-order valence-corrected chi connectivity index (χ0v) is 19.6.